The molecule has 0 amide bonds. The molecule has 9 heteroatoms. The largest absolute Gasteiger partial charge is 0.379 e. The summed E-state index contributed by atoms with van der Waals surface area (Å²) in [5.41, 5.74) is 0. The fourth-order valence-corrected chi connectivity index (χ4v) is 3.77. The molecule has 1 saturated heterocycles. The normalized spacial score (nSPS) is 19.1. The summed E-state index contributed by atoms with van der Waals surface area (Å²) in [5, 5.41) is -0.0217. The lowest BCUT2D eigenvalue weighted by Crippen LogP contribution is -2.46. The zero-order valence-corrected chi connectivity index (χ0v) is 13.1. The van der Waals surface area contributed by atoms with E-state index in [0.717, 1.165) is 13.1 Å². The summed E-state index contributed by atoms with van der Waals surface area (Å²) < 4.78 is 33.7. The molecule has 114 valence electrons. The molecule has 1 atom stereocenters. The van der Waals surface area contributed by atoms with Crippen LogP contribution in [0, 0.1) is 0 Å². The molecule has 20 heavy (non-hydrogen) atoms. The van der Waals surface area contributed by atoms with Crippen LogP contribution in [0.1, 0.15) is 6.92 Å². The number of morpholine rings is 1. The summed E-state index contributed by atoms with van der Waals surface area (Å²) in [6.07, 6.45) is 1.38. The molecule has 0 saturated carbocycles. The quantitative estimate of drug-likeness (QED) is 0.830. The minimum Gasteiger partial charge on any atom is -0.379 e. The van der Waals surface area contributed by atoms with E-state index >= 15 is 0 Å². The zero-order chi connectivity index (χ0) is 14.8. The minimum atomic E-state index is -3.69. The number of imidazole rings is 1. The van der Waals surface area contributed by atoms with Crippen molar-refractivity contribution >= 4 is 21.6 Å². The lowest BCUT2D eigenvalue weighted by Gasteiger charge is -2.29. The van der Waals surface area contributed by atoms with Crippen LogP contribution in [0.5, 0.6) is 0 Å². The van der Waals surface area contributed by atoms with Gasteiger partial charge in [0.1, 0.15) is 5.15 Å². The van der Waals surface area contributed by atoms with Crippen LogP contribution < -0.4 is 4.72 Å². The summed E-state index contributed by atoms with van der Waals surface area (Å²) in [6.45, 7) is 5.46. The van der Waals surface area contributed by atoms with Crippen molar-refractivity contribution in [3.8, 4) is 0 Å². The van der Waals surface area contributed by atoms with E-state index in [1.165, 1.54) is 10.9 Å². The Bertz CT molecular complexity index is 554. The van der Waals surface area contributed by atoms with Gasteiger partial charge in [-0.2, -0.15) is 0 Å². The Kier molecular flexibility index (Phi) is 5.03. The highest BCUT2D eigenvalue weighted by molar-refractivity contribution is 7.89. The first kappa shape index (κ1) is 15.7. The van der Waals surface area contributed by atoms with Crippen LogP contribution in [0.3, 0.4) is 0 Å². The first-order chi connectivity index (χ1) is 9.40. The fraction of sp³-hybridized carbons (Fsp3) is 0.727. The number of halogens is 1. The Morgan fingerprint density at radius 2 is 2.15 bits per heavy atom. The van der Waals surface area contributed by atoms with Gasteiger partial charge in [-0.1, -0.05) is 11.6 Å². The molecule has 7 nitrogen and oxygen atoms in total. The van der Waals surface area contributed by atoms with E-state index in [1.807, 2.05) is 6.92 Å². The summed E-state index contributed by atoms with van der Waals surface area (Å²) in [5.74, 6) is 0. The van der Waals surface area contributed by atoms with Crippen molar-refractivity contribution in [1.29, 1.82) is 0 Å². The molecule has 1 aromatic rings. The number of rotatable bonds is 5. The summed E-state index contributed by atoms with van der Waals surface area (Å²) in [4.78, 5) is 6.00. The number of nitrogens with zero attached hydrogens (tertiary/aromatic N) is 3. The number of aromatic nitrogens is 2. The van der Waals surface area contributed by atoms with E-state index in [2.05, 4.69) is 14.6 Å². The Hall–Kier alpha value is -0.670. The molecule has 1 fully saturated rings. The first-order valence-corrected chi connectivity index (χ1v) is 8.25. The van der Waals surface area contributed by atoms with Gasteiger partial charge < -0.3 is 9.30 Å². The van der Waals surface area contributed by atoms with E-state index in [9.17, 15) is 8.42 Å². The Labute approximate surface area is 123 Å². The van der Waals surface area contributed by atoms with Crippen molar-refractivity contribution in [2.45, 2.75) is 18.0 Å². The number of nitrogens with one attached hydrogen (secondary N) is 1. The summed E-state index contributed by atoms with van der Waals surface area (Å²) >= 11 is 5.92. The second-order valence-electron chi connectivity index (χ2n) is 4.89. The molecule has 2 heterocycles. The average Bonchev–Trinajstić information content (AvgIpc) is 2.71. The molecule has 0 aromatic carbocycles. The second-order valence-corrected chi connectivity index (χ2v) is 6.87. The molecule has 0 unspecified atom stereocenters. The molecule has 1 aliphatic heterocycles. The van der Waals surface area contributed by atoms with Crippen LogP contribution in [-0.2, 0) is 21.8 Å². The molecular weight excluding hydrogens is 304 g/mol. The number of hydrogen-bond acceptors (Lipinski definition) is 5. The zero-order valence-electron chi connectivity index (χ0n) is 11.5. The molecule has 0 bridgehead atoms. The number of hydrogen-bond donors (Lipinski definition) is 1. The lowest BCUT2D eigenvalue weighted by molar-refractivity contribution is 0.0354. The molecule has 1 aromatic heterocycles. The highest BCUT2D eigenvalue weighted by atomic mass is 35.5. The molecular formula is C11H19ClN4O3S. The minimum absolute atomic E-state index is 0.107. The van der Waals surface area contributed by atoms with E-state index < -0.39 is 10.0 Å². The maximum absolute atomic E-state index is 12.2. The standard InChI is InChI=1S/C11H19ClN4O3S/c1-9(7-16-3-5-19-6-4-16)14-20(17,18)11-10(12)15(2)8-13-11/h8-9,14H,3-7H2,1-2H3/t9-/m0/s1. The number of sulfonamides is 1. The van der Waals surface area contributed by atoms with Gasteiger partial charge in [-0.05, 0) is 6.92 Å². The Morgan fingerprint density at radius 1 is 1.50 bits per heavy atom. The highest BCUT2D eigenvalue weighted by Gasteiger charge is 2.25. The topological polar surface area (TPSA) is 76.5 Å². The number of ether oxygens (including phenoxy) is 1. The third-order valence-electron chi connectivity index (χ3n) is 3.08. The monoisotopic (exact) mass is 322 g/mol. The third-order valence-corrected chi connectivity index (χ3v) is 5.16. The molecule has 2 rings (SSSR count). The van der Waals surface area contributed by atoms with Crippen LogP contribution >= 0.6 is 11.6 Å². The van der Waals surface area contributed by atoms with Crippen LogP contribution in [0.2, 0.25) is 5.15 Å². The van der Waals surface area contributed by atoms with Gasteiger partial charge in [0.15, 0.2) is 0 Å². The number of aryl methyl sites for hydroxylation is 1. The van der Waals surface area contributed by atoms with Crippen molar-refractivity contribution in [1.82, 2.24) is 19.2 Å². The molecule has 0 aliphatic carbocycles. The third kappa shape index (κ3) is 3.70. The van der Waals surface area contributed by atoms with E-state index in [4.69, 9.17) is 16.3 Å². The predicted octanol–water partition coefficient (Wildman–Crippen LogP) is 0.0725. The van der Waals surface area contributed by atoms with Crippen molar-refractivity contribution in [2.75, 3.05) is 32.8 Å². The van der Waals surface area contributed by atoms with Gasteiger partial charge in [0.05, 0.1) is 19.5 Å². The van der Waals surface area contributed by atoms with E-state index in [0.29, 0.717) is 19.8 Å². The van der Waals surface area contributed by atoms with E-state index in [1.54, 1.807) is 7.05 Å². The van der Waals surface area contributed by atoms with Gasteiger partial charge >= 0.3 is 0 Å². The van der Waals surface area contributed by atoms with Crippen molar-refractivity contribution in [3.05, 3.63) is 11.5 Å². The maximum Gasteiger partial charge on any atom is 0.261 e. The molecule has 0 spiro atoms. The van der Waals surface area contributed by atoms with Gasteiger partial charge in [-0.15, -0.1) is 0 Å². The van der Waals surface area contributed by atoms with Crippen LogP contribution in [0.15, 0.2) is 11.4 Å². The maximum atomic E-state index is 12.2. The summed E-state index contributed by atoms with van der Waals surface area (Å²) in [7, 11) is -2.05. The average molecular weight is 323 g/mol. The highest BCUT2D eigenvalue weighted by Crippen LogP contribution is 2.18. The summed E-state index contributed by atoms with van der Waals surface area (Å²) in [6, 6.07) is -0.226. The van der Waals surface area contributed by atoms with Crippen LogP contribution in [0.25, 0.3) is 0 Å². The van der Waals surface area contributed by atoms with Gasteiger partial charge in [-0.25, -0.2) is 18.1 Å². The Morgan fingerprint density at radius 3 is 2.70 bits per heavy atom. The Balaban J connectivity index is 1.99. The van der Waals surface area contributed by atoms with Crippen LogP contribution in [0.4, 0.5) is 0 Å². The SMILES string of the molecule is C[C@@H](CN1CCOCC1)NS(=O)(=O)c1ncn(C)c1Cl. The van der Waals surface area contributed by atoms with Crippen LogP contribution in [-0.4, -0.2) is 61.8 Å². The van der Waals surface area contributed by atoms with Crippen molar-refractivity contribution < 1.29 is 13.2 Å². The molecule has 1 N–H and O–H groups in total. The first-order valence-electron chi connectivity index (χ1n) is 6.39. The van der Waals surface area contributed by atoms with Gasteiger partial charge in [0.25, 0.3) is 10.0 Å². The van der Waals surface area contributed by atoms with Gasteiger partial charge in [0.2, 0.25) is 5.03 Å². The second kappa shape index (κ2) is 6.40. The predicted molar refractivity (Wildman–Crippen MR) is 75.3 cm³/mol. The molecule has 0 radical (unpaired) electrons. The molecule has 1 aliphatic rings. The van der Waals surface area contributed by atoms with E-state index in [-0.39, 0.29) is 16.2 Å². The fourth-order valence-electron chi connectivity index (χ4n) is 2.10. The van der Waals surface area contributed by atoms with Gasteiger partial charge in [-0.3, -0.25) is 4.90 Å². The smallest absolute Gasteiger partial charge is 0.261 e. The van der Waals surface area contributed by atoms with Crippen molar-refractivity contribution in [2.24, 2.45) is 7.05 Å². The lowest BCUT2D eigenvalue weighted by atomic mass is 10.3. The van der Waals surface area contributed by atoms with Crippen molar-refractivity contribution in [3.63, 3.8) is 0 Å². The van der Waals surface area contributed by atoms with Gasteiger partial charge in [0, 0.05) is 32.7 Å².